The molecule has 2 N–H and O–H groups in total. The number of benzene rings is 1. The van der Waals surface area contributed by atoms with Gasteiger partial charge in [-0.2, -0.15) is 0 Å². The Morgan fingerprint density at radius 2 is 1.90 bits per heavy atom. The van der Waals surface area contributed by atoms with Gasteiger partial charge in [0, 0.05) is 18.7 Å². The minimum Gasteiger partial charge on any atom is -0.492 e. The first-order valence-corrected chi connectivity index (χ1v) is 7.41. The second-order valence-electron chi connectivity index (χ2n) is 5.48. The Balaban J connectivity index is 1.58. The average Bonchev–Trinajstić information content (AvgIpc) is 2.49. The topological polar surface area (TPSA) is 84.6 Å². The van der Waals surface area contributed by atoms with Crippen molar-refractivity contribution in [2.45, 2.75) is 31.8 Å². The van der Waals surface area contributed by atoms with E-state index in [4.69, 9.17) is 4.74 Å². The van der Waals surface area contributed by atoms with Gasteiger partial charge in [0.05, 0.1) is 11.0 Å². The van der Waals surface area contributed by atoms with Crippen molar-refractivity contribution in [3.63, 3.8) is 0 Å². The zero-order valence-corrected chi connectivity index (χ0v) is 12.0. The molecule has 2 rings (SSSR count). The minimum absolute atomic E-state index is 0.0694. The van der Waals surface area contributed by atoms with E-state index in [1.54, 1.807) is 12.1 Å². The van der Waals surface area contributed by atoms with Crippen LogP contribution in [0.4, 0.5) is 5.69 Å². The molecule has 0 unspecified atom stereocenters. The molecule has 116 valence electrons. The first-order valence-electron chi connectivity index (χ1n) is 7.41. The zero-order chi connectivity index (χ0) is 15.1. The number of rotatable bonds is 7. The Hall–Kier alpha value is -1.66. The van der Waals surface area contributed by atoms with E-state index < -0.39 is 4.92 Å². The lowest BCUT2D eigenvalue weighted by Gasteiger charge is -2.25. The van der Waals surface area contributed by atoms with E-state index in [0.29, 0.717) is 18.3 Å². The van der Waals surface area contributed by atoms with E-state index in [2.05, 4.69) is 5.32 Å². The largest absolute Gasteiger partial charge is 0.492 e. The van der Waals surface area contributed by atoms with Crippen LogP contribution in [0.2, 0.25) is 0 Å². The SMILES string of the molecule is O=[N+]([O-])c1ccc(OCCNCC2CCC(O)CC2)cc1. The lowest BCUT2D eigenvalue weighted by molar-refractivity contribution is -0.384. The molecule has 0 spiro atoms. The van der Waals surface area contributed by atoms with Crippen LogP contribution in [0.5, 0.6) is 5.75 Å². The molecule has 0 heterocycles. The number of hydrogen-bond donors (Lipinski definition) is 2. The second kappa shape index (κ2) is 7.95. The number of nitro groups is 1. The number of nitro benzene ring substituents is 1. The first-order chi connectivity index (χ1) is 10.1. The van der Waals surface area contributed by atoms with Crippen LogP contribution in [-0.2, 0) is 0 Å². The Kier molecular flexibility index (Phi) is 5.95. The molecule has 1 aromatic rings. The van der Waals surface area contributed by atoms with Gasteiger partial charge < -0.3 is 15.2 Å². The molecule has 1 saturated carbocycles. The molecule has 1 aliphatic rings. The normalized spacial score (nSPS) is 22.0. The van der Waals surface area contributed by atoms with E-state index in [1.165, 1.54) is 12.1 Å². The van der Waals surface area contributed by atoms with E-state index in [9.17, 15) is 15.2 Å². The van der Waals surface area contributed by atoms with Gasteiger partial charge in [0.2, 0.25) is 0 Å². The smallest absolute Gasteiger partial charge is 0.269 e. The lowest BCUT2D eigenvalue weighted by Crippen LogP contribution is -2.30. The Bertz CT molecular complexity index is 441. The molecule has 0 aliphatic heterocycles. The fourth-order valence-corrected chi connectivity index (χ4v) is 2.56. The molecule has 0 atom stereocenters. The summed E-state index contributed by atoms with van der Waals surface area (Å²) in [6.07, 6.45) is 3.87. The minimum atomic E-state index is -0.424. The molecular formula is C15H22N2O4. The van der Waals surface area contributed by atoms with Crippen molar-refractivity contribution in [2.75, 3.05) is 19.7 Å². The third-order valence-corrected chi connectivity index (χ3v) is 3.84. The van der Waals surface area contributed by atoms with E-state index in [1.807, 2.05) is 0 Å². The summed E-state index contributed by atoms with van der Waals surface area (Å²) in [4.78, 5) is 10.1. The predicted octanol–water partition coefficient (Wildman–Crippen LogP) is 2.11. The van der Waals surface area contributed by atoms with Crippen LogP contribution in [0.3, 0.4) is 0 Å². The molecule has 1 fully saturated rings. The number of hydrogen-bond acceptors (Lipinski definition) is 5. The Labute approximate surface area is 124 Å². The predicted molar refractivity (Wildman–Crippen MR) is 79.4 cm³/mol. The van der Waals surface area contributed by atoms with Gasteiger partial charge >= 0.3 is 0 Å². The second-order valence-corrected chi connectivity index (χ2v) is 5.48. The van der Waals surface area contributed by atoms with Crippen molar-refractivity contribution < 1.29 is 14.8 Å². The number of aliphatic hydroxyl groups excluding tert-OH is 1. The molecule has 6 nitrogen and oxygen atoms in total. The maximum absolute atomic E-state index is 10.5. The summed E-state index contributed by atoms with van der Waals surface area (Å²) in [6.45, 7) is 2.24. The van der Waals surface area contributed by atoms with E-state index in [0.717, 1.165) is 38.8 Å². The number of aliphatic hydroxyl groups is 1. The number of non-ortho nitro benzene ring substituents is 1. The molecule has 1 aromatic carbocycles. The molecule has 0 amide bonds. The summed E-state index contributed by atoms with van der Waals surface area (Å²) < 4.78 is 5.52. The molecule has 1 aliphatic carbocycles. The Morgan fingerprint density at radius 3 is 2.52 bits per heavy atom. The lowest BCUT2D eigenvalue weighted by atomic mass is 9.87. The molecule has 6 heteroatoms. The number of nitrogens with one attached hydrogen (secondary N) is 1. The molecule has 0 radical (unpaired) electrons. The van der Waals surface area contributed by atoms with Gasteiger partial charge in [-0.15, -0.1) is 0 Å². The monoisotopic (exact) mass is 294 g/mol. The van der Waals surface area contributed by atoms with Crippen molar-refractivity contribution in [3.8, 4) is 5.75 Å². The van der Waals surface area contributed by atoms with Crippen LogP contribution in [0.25, 0.3) is 0 Å². The molecular weight excluding hydrogens is 272 g/mol. The summed E-state index contributed by atoms with van der Waals surface area (Å²) in [5.74, 6) is 1.29. The molecule has 21 heavy (non-hydrogen) atoms. The summed E-state index contributed by atoms with van der Waals surface area (Å²) in [7, 11) is 0. The van der Waals surface area contributed by atoms with Gasteiger partial charge in [-0.05, 0) is 50.3 Å². The van der Waals surface area contributed by atoms with Crippen LogP contribution in [-0.4, -0.2) is 35.8 Å². The summed E-state index contributed by atoms with van der Waals surface area (Å²) in [5, 5.41) is 23.3. The summed E-state index contributed by atoms with van der Waals surface area (Å²) in [6, 6.07) is 6.10. The van der Waals surface area contributed by atoms with Crippen molar-refractivity contribution >= 4 is 5.69 Å². The van der Waals surface area contributed by atoms with E-state index >= 15 is 0 Å². The number of ether oxygens (including phenoxy) is 1. The highest BCUT2D eigenvalue weighted by molar-refractivity contribution is 5.35. The standard InChI is InChI=1S/C15H22N2O4/c18-14-5-1-12(2-6-14)11-16-9-10-21-15-7-3-13(4-8-15)17(19)20/h3-4,7-8,12,14,16,18H,1-2,5-6,9-11H2. The van der Waals surface area contributed by atoms with Crippen molar-refractivity contribution in [3.05, 3.63) is 34.4 Å². The van der Waals surface area contributed by atoms with Crippen molar-refractivity contribution in [1.82, 2.24) is 5.32 Å². The average molecular weight is 294 g/mol. The Morgan fingerprint density at radius 1 is 1.24 bits per heavy atom. The number of nitrogens with zero attached hydrogens (tertiary/aromatic N) is 1. The van der Waals surface area contributed by atoms with Gasteiger partial charge in [-0.25, -0.2) is 0 Å². The van der Waals surface area contributed by atoms with Gasteiger partial charge in [0.1, 0.15) is 12.4 Å². The van der Waals surface area contributed by atoms with Gasteiger partial charge in [0.15, 0.2) is 0 Å². The third kappa shape index (κ3) is 5.32. The fourth-order valence-electron chi connectivity index (χ4n) is 2.56. The molecule has 0 bridgehead atoms. The highest BCUT2D eigenvalue weighted by Gasteiger charge is 2.18. The maximum Gasteiger partial charge on any atom is 0.269 e. The first kappa shape index (κ1) is 15.7. The van der Waals surface area contributed by atoms with Crippen LogP contribution in [0.1, 0.15) is 25.7 Å². The van der Waals surface area contributed by atoms with Crippen LogP contribution < -0.4 is 10.1 Å². The van der Waals surface area contributed by atoms with Gasteiger partial charge in [0.25, 0.3) is 5.69 Å². The highest BCUT2D eigenvalue weighted by atomic mass is 16.6. The highest BCUT2D eigenvalue weighted by Crippen LogP contribution is 2.23. The van der Waals surface area contributed by atoms with Gasteiger partial charge in [-0.1, -0.05) is 0 Å². The van der Waals surface area contributed by atoms with Crippen LogP contribution >= 0.6 is 0 Å². The maximum atomic E-state index is 10.5. The van der Waals surface area contributed by atoms with Crippen molar-refractivity contribution in [2.24, 2.45) is 5.92 Å². The fraction of sp³-hybridized carbons (Fsp3) is 0.600. The van der Waals surface area contributed by atoms with E-state index in [-0.39, 0.29) is 11.8 Å². The van der Waals surface area contributed by atoms with Crippen molar-refractivity contribution in [1.29, 1.82) is 0 Å². The van der Waals surface area contributed by atoms with Gasteiger partial charge in [-0.3, -0.25) is 10.1 Å². The van der Waals surface area contributed by atoms with Crippen LogP contribution in [0.15, 0.2) is 24.3 Å². The summed E-state index contributed by atoms with van der Waals surface area (Å²) >= 11 is 0. The third-order valence-electron chi connectivity index (χ3n) is 3.84. The quantitative estimate of drug-likeness (QED) is 0.457. The molecule has 0 saturated heterocycles. The van der Waals surface area contributed by atoms with Crippen LogP contribution in [0, 0.1) is 16.0 Å². The zero-order valence-electron chi connectivity index (χ0n) is 12.0. The summed E-state index contributed by atoms with van der Waals surface area (Å²) in [5.41, 5.74) is 0.0694. The molecule has 0 aromatic heterocycles.